The number of fused-ring (bicyclic) bond motifs is 1. The minimum absolute atomic E-state index is 0.0146. The number of rotatable bonds is 9. The van der Waals surface area contributed by atoms with Crippen LogP contribution in [-0.2, 0) is 4.79 Å². The van der Waals surface area contributed by atoms with Crippen LogP contribution in [0.5, 0.6) is 5.75 Å². The molecule has 1 aliphatic carbocycles. The standard InChI is InChI=1S/C28H29ClN2O5/c29-24-4-1-2-5-25(24)31-28(35)30-15-3-6-26(32)21-8-7-20-17-23(14-11-19(20)16-21)36-22-12-9-18(10-13-22)27(33)34/h1-2,4-5,7-8,11,14,16-18,22H,3,6,9-10,12-13,15H2,(H,33,34)(H2,30,31,35). The quantitative estimate of drug-likeness (QED) is 0.232. The molecule has 3 aromatic rings. The maximum Gasteiger partial charge on any atom is 0.319 e. The molecule has 1 aliphatic rings. The fraction of sp³-hybridized carbons (Fsp3) is 0.321. The zero-order valence-corrected chi connectivity index (χ0v) is 20.6. The van der Waals surface area contributed by atoms with Gasteiger partial charge in [0.15, 0.2) is 5.78 Å². The Morgan fingerprint density at radius 2 is 1.67 bits per heavy atom. The number of nitrogens with one attached hydrogen (secondary N) is 2. The first kappa shape index (κ1) is 25.5. The summed E-state index contributed by atoms with van der Waals surface area (Å²) in [4.78, 5) is 35.8. The van der Waals surface area contributed by atoms with Crippen LogP contribution < -0.4 is 15.4 Å². The molecule has 0 aliphatic heterocycles. The van der Waals surface area contributed by atoms with Gasteiger partial charge in [-0.3, -0.25) is 9.59 Å². The van der Waals surface area contributed by atoms with E-state index in [-0.39, 0.29) is 23.8 Å². The molecule has 1 saturated carbocycles. The van der Waals surface area contributed by atoms with Crippen molar-refractivity contribution >= 4 is 45.8 Å². The van der Waals surface area contributed by atoms with Crippen LogP contribution in [0, 0.1) is 5.92 Å². The fourth-order valence-corrected chi connectivity index (χ4v) is 4.60. The molecular formula is C28H29ClN2O5. The Morgan fingerprint density at radius 1 is 0.944 bits per heavy atom. The third-order valence-corrected chi connectivity index (χ3v) is 6.78. The monoisotopic (exact) mass is 508 g/mol. The van der Waals surface area contributed by atoms with Crippen LogP contribution in [0.25, 0.3) is 10.8 Å². The highest BCUT2D eigenvalue weighted by Crippen LogP contribution is 2.29. The van der Waals surface area contributed by atoms with E-state index in [1.54, 1.807) is 24.3 Å². The maximum atomic E-state index is 12.7. The Balaban J connectivity index is 1.24. The van der Waals surface area contributed by atoms with E-state index in [4.69, 9.17) is 21.4 Å². The Bertz CT molecular complexity index is 1250. The van der Waals surface area contributed by atoms with Gasteiger partial charge in [0, 0.05) is 18.5 Å². The number of halogens is 1. The Kier molecular flexibility index (Phi) is 8.44. The van der Waals surface area contributed by atoms with Gasteiger partial charge < -0.3 is 20.5 Å². The lowest BCUT2D eigenvalue weighted by Gasteiger charge is -2.26. The predicted octanol–water partition coefficient (Wildman–Crippen LogP) is 6.30. The fourth-order valence-electron chi connectivity index (χ4n) is 4.41. The second kappa shape index (κ2) is 11.9. The highest BCUT2D eigenvalue weighted by atomic mass is 35.5. The van der Waals surface area contributed by atoms with Crippen LogP contribution in [0.15, 0.2) is 60.7 Å². The average molecular weight is 509 g/mol. The van der Waals surface area contributed by atoms with E-state index in [1.165, 1.54) is 0 Å². The summed E-state index contributed by atoms with van der Waals surface area (Å²) in [7, 11) is 0. The molecule has 0 unspecified atom stereocenters. The molecule has 0 saturated heterocycles. The summed E-state index contributed by atoms with van der Waals surface area (Å²) in [6.45, 7) is 0.366. The SMILES string of the molecule is O=C(NCCCC(=O)c1ccc2cc(OC3CCC(C(=O)O)CC3)ccc2c1)Nc1ccccc1Cl. The second-order valence-electron chi connectivity index (χ2n) is 9.04. The van der Waals surface area contributed by atoms with Gasteiger partial charge in [-0.25, -0.2) is 4.79 Å². The van der Waals surface area contributed by atoms with Gasteiger partial charge in [-0.15, -0.1) is 0 Å². The van der Waals surface area contributed by atoms with Crippen molar-refractivity contribution in [3.05, 3.63) is 71.2 Å². The van der Waals surface area contributed by atoms with E-state index in [2.05, 4.69) is 10.6 Å². The van der Waals surface area contributed by atoms with Crippen LogP contribution in [0.4, 0.5) is 10.5 Å². The molecule has 4 rings (SSSR count). The minimum atomic E-state index is -0.723. The first-order chi connectivity index (χ1) is 17.4. The number of carboxylic acid groups (broad SMARTS) is 1. The van der Waals surface area contributed by atoms with Crippen LogP contribution in [0.2, 0.25) is 5.02 Å². The summed E-state index contributed by atoms with van der Waals surface area (Å²) >= 11 is 6.04. The van der Waals surface area contributed by atoms with Crippen LogP contribution >= 0.6 is 11.6 Å². The molecule has 0 radical (unpaired) electrons. The number of carbonyl (C=O) groups is 3. The summed E-state index contributed by atoms with van der Waals surface area (Å²) < 4.78 is 6.09. The molecule has 0 heterocycles. The van der Waals surface area contributed by atoms with Gasteiger partial charge in [0.25, 0.3) is 0 Å². The average Bonchev–Trinajstić information content (AvgIpc) is 2.88. The first-order valence-corrected chi connectivity index (χ1v) is 12.5. The number of carboxylic acids is 1. The number of aliphatic carboxylic acids is 1. The lowest BCUT2D eigenvalue weighted by Crippen LogP contribution is -2.29. The van der Waals surface area contributed by atoms with E-state index in [0.29, 0.717) is 48.5 Å². The molecule has 0 bridgehead atoms. The van der Waals surface area contributed by atoms with Crippen molar-refractivity contribution in [3.8, 4) is 5.75 Å². The van der Waals surface area contributed by atoms with Gasteiger partial charge in [-0.2, -0.15) is 0 Å². The molecule has 36 heavy (non-hydrogen) atoms. The van der Waals surface area contributed by atoms with Crippen LogP contribution in [0.3, 0.4) is 0 Å². The smallest absolute Gasteiger partial charge is 0.319 e. The first-order valence-electron chi connectivity index (χ1n) is 12.1. The van der Waals surface area contributed by atoms with E-state index in [9.17, 15) is 14.4 Å². The summed E-state index contributed by atoms with van der Waals surface area (Å²) in [6.07, 6.45) is 3.61. The van der Waals surface area contributed by atoms with Gasteiger partial charge in [0.2, 0.25) is 0 Å². The number of ketones is 1. The summed E-state index contributed by atoms with van der Waals surface area (Å²) in [6, 6.07) is 18.0. The van der Waals surface area contributed by atoms with Crippen molar-refractivity contribution in [2.24, 2.45) is 5.92 Å². The number of hydrogen-bond donors (Lipinski definition) is 3. The minimum Gasteiger partial charge on any atom is -0.490 e. The lowest BCUT2D eigenvalue weighted by atomic mass is 9.87. The van der Waals surface area contributed by atoms with Gasteiger partial charge >= 0.3 is 12.0 Å². The predicted molar refractivity (Wildman–Crippen MR) is 140 cm³/mol. The molecule has 2 amide bonds. The van der Waals surface area contributed by atoms with Gasteiger partial charge in [-0.05, 0) is 73.2 Å². The topological polar surface area (TPSA) is 105 Å². The summed E-state index contributed by atoms with van der Waals surface area (Å²) in [5.74, 6) is -0.222. The zero-order valence-electron chi connectivity index (χ0n) is 19.8. The van der Waals surface area contributed by atoms with Gasteiger partial charge in [0.05, 0.1) is 22.7 Å². The van der Waals surface area contributed by atoms with Crippen molar-refractivity contribution in [2.45, 2.75) is 44.6 Å². The van der Waals surface area contributed by atoms with E-state index in [0.717, 1.165) is 29.4 Å². The van der Waals surface area contributed by atoms with Crippen LogP contribution in [-0.4, -0.2) is 35.5 Å². The molecule has 188 valence electrons. The zero-order chi connectivity index (χ0) is 25.5. The number of ether oxygens (including phenoxy) is 1. The molecular weight excluding hydrogens is 480 g/mol. The molecule has 0 atom stereocenters. The Labute approximate surface area is 214 Å². The van der Waals surface area contributed by atoms with E-state index < -0.39 is 5.97 Å². The molecule has 8 heteroatoms. The van der Waals surface area contributed by atoms with Gasteiger partial charge in [-0.1, -0.05) is 41.9 Å². The molecule has 0 spiro atoms. The number of para-hydroxylation sites is 1. The van der Waals surface area contributed by atoms with E-state index >= 15 is 0 Å². The highest BCUT2D eigenvalue weighted by Gasteiger charge is 2.26. The number of urea groups is 1. The molecule has 3 N–H and O–H groups in total. The van der Waals surface area contributed by atoms with Crippen molar-refractivity contribution in [1.82, 2.24) is 5.32 Å². The largest absolute Gasteiger partial charge is 0.490 e. The summed E-state index contributed by atoms with van der Waals surface area (Å²) in [5.41, 5.74) is 1.16. The Hall–Kier alpha value is -3.58. The normalized spacial score (nSPS) is 17.4. The third kappa shape index (κ3) is 6.76. The van der Waals surface area contributed by atoms with Gasteiger partial charge in [0.1, 0.15) is 5.75 Å². The second-order valence-corrected chi connectivity index (χ2v) is 9.45. The molecule has 7 nitrogen and oxygen atoms in total. The number of anilines is 1. The van der Waals surface area contributed by atoms with E-state index in [1.807, 2.05) is 36.4 Å². The number of amides is 2. The molecule has 1 fully saturated rings. The number of benzene rings is 3. The summed E-state index contributed by atoms with van der Waals surface area (Å²) in [5, 5.41) is 16.9. The van der Waals surface area contributed by atoms with Crippen molar-refractivity contribution in [3.63, 3.8) is 0 Å². The number of hydrogen-bond acceptors (Lipinski definition) is 4. The van der Waals surface area contributed by atoms with Crippen molar-refractivity contribution < 1.29 is 24.2 Å². The Morgan fingerprint density at radius 3 is 2.42 bits per heavy atom. The lowest BCUT2D eigenvalue weighted by molar-refractivity contribution is -0.143. The van der Waals surface area contributed by atoms with Crippen LogP contribution in [0.1, 0.15) is 48.9 Å². The maximum absolute atomic E-state index is 12.7. The van der Waals surface area contributed by atoms with Crippen molar-refractivity contribution in [1.29, 1.82) is 0 Å². The molecule has 3 aromatic carbocycles. The van der Waals surface area contributed by atoms with Crippen molar-refractivity contribution in [2.75, 3.05) is 11.9 Å². The molecule has 0 aromatic heterocycles. The third-order valence-electron chi connectivity index (χ3n) is 6.45. The number of carbonyl (C=O) groups excluding carboxylic acids is 2. The highest BCUT2D eigenvalue weighted by molar-refractivity contribution is 6.33. The number of Topliss-reactive ketones (excluding diaryl/α,β-unsaturated/α-hetero) is 1.